The number of fused-ring (bicyclic) bond motifs is 2. The number of carbonyl (C=O) groups excluding carboxylic acids is 5. The summed E-state index contributed by atoms with van der Waals surface area (Å²) in [6.45, 7) is 6.05. The summed E-state index contributed by atoms with van der Waals surface area (Å²) in [5.41, 5.74) is 4.37. The van der Waals surface area contributed by atoms with Crippen molar-refractivity contribution in [3.8, 4) is 0 Å². The van der Waals surface area contributed by atoms with Gasteiger partial charge in [-0.2, -0.15) is 0 Å². The van der Waals surface area contributed by atoms with Gasteiger partial charge in [0, 0.05) is 55.6 Å². The number of hydrogen-bond acceptors (Lipinski definition) is 13. The third-order valence-corrected chi connectivity index (χ3v) is 7.19. The fourth-order valence-electron chi connectivity index (χ4n) is 4.32. The van der Waals surface area contributed by atoms with E-state index in [9.17, 15) is 4.79 Å². The van der Waals surface area contributed by atoms with Crippen LogP contribution < -0.4 is 20.4 Å². The molecule has 15 heteroatoms. The van der Waals surface area contributed by atoms with Crippen LogP contribution in [-0.2, 0) is 36.9 Å². The molecule has 14 nitrogen and oxygen atoms in total. The predicted molar refractivity (Wildman–Crippen MR) is 125 cm³/mol. The van der Waals surface area contributed by atoms with Gasteiger partial charge < -0.3 is 58.7 Å². The van der Waals surface area contributed by atoms with Crippen molar-refractivity contribution in [3.05, 3.63) is 45.7 Å². The molecule has 0 radical (unpaired) electrons. The molecule has 2 aromatic heterocycles. The van der Waals surface area contributed by atoms with Crippen LogP contribution in [0.1, 0.15) is 29.1 Å². The van der Waals surface area contributed by atoms with Crippen molar-refractivity contribution < 1.29 is 49.1 Å². The highest BCUT2D eigenvalue weighted by Crippen LogP contribution is 2.38. The molecule has 210 valence electrons. The van der Waals surface area contributed by atoms with Crippen LogP contribution in [0.5, 0.6) is 0 Å². The summed E-state index contributed by atoms with van der Waals surface area (Å²) >= 11 is 1.85. The zero-order valence-electron chi connectivity index (χ0n) is 20.7. The van der Waals surface area contributed by atoms with Gasteiger partial charge in [-0.25, -0.2) is 9.78 Å². The molecule has 2 saturated heterocycles. The van der Waals surface area contributed by atoms with Gasteiger partial charge in [-0.3, -0.25) is 0 Å². The highest BCUT2D eigenvalue weighted by molar-refractivity contribution is 7.11. The Morgan fingerprint density at radius 1 is 0.897 bits per heavy atom. The molecule has 0 saturated carbocycles. The number of aromatic nitrogens is 2. The first-order valence-electron chi connectivity index (χ1n) is 11.9. The molecule has 5 rings (SSSR count). The Bertz CT molecular complexity index is 1160. The fourth-order valence-corrected chi connectivity index (χ4v) is 5.36. The number of rotatable bonds is 3. The van der Waals surface area contributed by atoms with Gasteiger partial charge in [-0.15, -0.1) is 11.3 Å². The van der Waals surface area contributed by atoms with Crippen molar-refractivity contribution in [3.63, 3.8) is 0 Å². The van der Waals surface area contributed by atoms with E-state index in [0.717, 1.165) is 64.4 Å². The van der Waals surface area contributed by atoms with Gasteiger partial charge in [0.1, 0.15) is 12.4 Å². The maximum atomic E-state index is 11.6. The average Bonchev–Trinajstić information content (AvgIpc) is 3.64. The number of piperidine rings is 1. The molecule has 0 unspecified atom stereocenters. The van der Waals surface area contributed by atoms with Gasteiger partial charge in [0.25, 0.3) is 0 Å². The molecular weight excluding hydrogens is 536 g/mol. The van der Waals surface area contributed by atoms with E-state index in [4.69, 9.17) is 49.3 Å². The van der Waals surface area contributed by atoms with E-state index in [1.165, 1.54) is 21.6 Å². The Morgan fingerprint density at radius 2 is 1.54 bits per heavy atom. The maximum absolute atomic E-state index is 11.6. The lowest BCUT2D eigenvalue weighted by atomic mass is 9.95. The second-order valence-electron chi connectivity index (χ2n) is 8.54. The number of likely N-dealkylation sites (tertiary alicyclic amines) is 1. The van der Waals surface area contributed by atoms with Crippen LogP contribution in [0.2, 0.25) is 0 Å². The van der Waals surface area contributed by atoms with Gasteiger partial charge in [0.2, 0.25) is 0 Å². The van der Waals surface area contributed by atoms with E-state index in [0.29, 0.717) is 6.61 Å². The van der Waals surface area contributed by atoms with Crippen LogP contribution in [0.4, 0.5) is 4.79 Å². The van der Waals surface area contributed by atoms with Crippen molar-refractivity contribution in [2.75, 3.05) is 39.3 Å². The summed E-state index contributed by atoms with van der Waals surface area (Å²) in [6.07, 6.45) is 7.10. The Balaban J connectivity index is 0.000000296. The monoisotopic (exact) mass is 560 g/mol. The van der Waals surface area contributed by atoms with Crippen molar-refractivity contribution in [2.24, 2.45) is 0 Å². The molecule has 0 atom stereocenters. The van der Waals surface area contributed by atoms with Crippen molar-refractivity contribution in [1.82, 2.24) is 19.4 Å². The first kappa shape index (κ1) is 29.3. The third-order valence-electron chi connectivity index (χ3n) is 6.21. The topological polar surface area (TPSA) is 211 Å². The largest absolute Gasteiger partial charge is 0.543 e. The fraction of sp³-hybridized carbons (Fsp3) is 0.417. The maximum Gasteiger partial charge on any atom is 0.409 e. The molecule has 0 aromatic carbocycles. The van der Waals surface area contributed by atoms with E-state index in [1.54, 1.807) is 0 Å². The smallest absolute Gasteiger partial charge is 0.409 e. The van der Waals surface area contributed by atoms with E-state index >= 15 is 0 Å². The van der Waals surface area contributed by atoms with Crippen LogP contribution in [0, 0.1) is 0 Å². The summed E-state index contributed by atoms with van der Waals surface area (Å²) < 4.78 is 7.32. The molecule has 0 aliphatic carbocycles. The number of cyclic esters (lactones) is 1. The third kappa shape index (κ3) is 7.87. The Kier molecular flexibility index (Phi) is 10.2. The Hall–Kier alpha value is -4.24. The Labute approximate surface area is 226 Å². The number of thiophene rings is 1. The van der Waals surface area contributed by atoms with Crippen molar-refractivity contribution in [2.45, 2.75) is 25.8 Å². The number of aliphatic carboxylic acids is 4. The number of carbonyl (C=O) groups is 5. The highest BCUT2D eigenvalue weighted by atomic mass is 32.1. The van der Waals surface area contributed by atoms with Gasteiger partial charge in [-0.1, -0.05) is 5.57 Å². The van der Waals surface area contributed by atoms with Crippen LogP contribution in [0.3, 0.4) is 0 Å². The minimum Gasteiger partial charge on any atom is -0.543 e. The number of hydrogen-bond donors (Lipinski definition) is 0. The van der Waals surface area contributed by atoms with Crippen LogP contribution in [0.25, 0.3) is 5.57 Å². The first-order valence-corrected chi connectivity index (χ1v) is 12.7. The lowest BCUT2D eigenvalue weighted by molar-refractivity contribution is -0.345. The van der Waals surface area contributed by atoms with E-state index < -0.39 is 23.9 Å². The average molecular weight is 561 g/mol. The number of amides is 1. The molecule has 0 N–H and O–H groups in total. The standard InChI is InChI=1S/C20H24N4O2S.2C2H2O4/c25-20-24(12-13-26-20)11-10-22-6-1-15(2-7-22)17-18-16(4-14-27-18)3-8-23-9-5-21-19(17)23;2*3-1(4)2(5)6/h4-5,9,14H,1-3,6-8,10-13H2;2*(H,3,4)(H,5,6)/p-4. The SMILES string of the molecule is O=C([O-])C(=O)[O-].O=C([O-])C(=O)[O-].O=C1OCCN1CCN1CCC(=C2c3sccc3CCn3ccnc32)CC1. The van der Waals surface area contributed by atoms with Crippen molar-refractivity contribution in [1.29, 1.82) is 0 Å². The highest BCUT2D eigenvalue weighted by Gasteiger charge is 2.27. The van der Waals surface area contributed by atoms with Gasteiger partial charge in [0.15, 0.2) is 0 Å². The normalized spacial score (nSPS) is 16.4. The summed E-state index contributed by atoms with van der Waals surface area (Å²) in [4.78, 5) is 57.7. The van der Waals surface area contributed by atoms with E-state index in [1.807, 2.05) is 22.4 Å². The van der Waals surface area contributed by atoms with Gasteiger partial charge in [-0.05, 0) is 36.3 Å². The minimum absolute atomic E-state index is 0.162. The van der Waals surface area contributed by atoms with Crippen LogP contribution >= 0.6 is 11.3 Å². The van der Waals surface area contributed by atoms with Gasteiger partial charge >= 0.3 is 6.09 Å². The lowest BCUT2D eigenvalue weighted by Crippen LogP contribution is -2.42. The second-order valence-corrected chi connectivity index (χ2v) is 9.46. The molecule has 2 aromatic rings. The van der Waals surface area contributed by atoms with Crippen LogP contribution in [0.15, 0.2) is 29.4 Å². The Morgan fingerprint density at radius 3 is 2.10 bits per heavy atom. The van der Waals surface area contributed by atoms with E-state index in [-0.39, 0.29) is 6.09 Å². The summed E-state index contributed by atoms with van der Waals surface area (Å²) in [5, 5.41) is 37.9. The predicted octanol–water partition coefficient (Wildman–Crippen LogP) is -4.18. The second kappa shape index (κ2) is 13.5. The number of nitrogens with zero attached hydrogens (tertiary/aromatic N) is 4. The molecule has 2 fully saturated rings. The number of imidazole rings is 1. The van der Waals surface area contributed by atoms with E-state index in [2.05, 4.69) is 27.1 Å². The molecule has 3 aliphatic heterocycles. The minimum atomic E-state index is -2.19. The van der Waals surface area contributed by atoms with Crippen molar-refractivity contribution >= 4 is 46.9 Å². The molecule has 5 heterocycles. The zero-order chi connectivity index (χ0) is 28.5. The number of ether oxygens (including phenoxy) is 1. The summed E-state index contributed by atoms with van der Waals surface area (Å²) in [6, 6.07) is 2.28. The summed E-state index contributed by atoms with van der Waals surface area (Å²) in [5.74, 6) is -7.60. The van der Waals surface area contributed by atoms with Crippen LogP contribution in [-0.4, -0.2) is 88.7 Å². The quantitative estimate of drug-likeness (QED) is 0.327. The lowest BCUT2D eigenvalue weighted by Gasteiger charge is -2.30. The molecular formula is C24H24N4O10S-4. The number of aryl methyl sites for hydroxylation is 2. The molecule has 3 aliphatic rings. The summed E-state index contributed by atoms with van der Waals surface area (Å²) in [7, 11) is 0. The zero-order valence-corrected chi connectivity index (χ0v) is 21.5. The first-order chi connectivity index (χ1) is 18.6. The number of carboxylic acids is 4. The molecule has 1 amide bonds. The molecule has 0 bridgehead atoms. The van der Waals surface area contributed by atoms with Gasteiger partial charge in [0.05, 0.1) is 30.4 Å². The molecule has 39 heavy (non-hydrogen) atoms. The number of carboxylic acid groups (broad SMARTS) is 4. The molecule has 0 spiro atoms.